The molecule has 0 amide bonds. The van der Waals surface area contributed by atoms with E-state index in [-0.39, 0.29) is 24.0 Å². The third-order valence-corrected chi connectivity index (χ3v) is 1.51. The van der Waals surface area contributed by atoms with Crippen molar-refractivity contribution in [3.63, 3.8) is 0 Å². The van der Waals surface area contributed by atoms with Gasteiger partial charge in [0.1, 0.15) is 0 Å². The SMILES string of the molecule is CC[NH+]1C=CC=CC1=C=O.[I-]. The normalized spacial score (nSPS) is 20.8. The van der Waals surface area contributed by atoms with Crippen LogP contribution < -0.4 is 28.9 Å². The van der Waals surface area contributed by atoms with Crippen molar-refractivity contribution in [2.24, 2.45) is 0 Å². The van der Waals surface area contributed by atoms with Crippen LogP contribution in [0.25, 0.3) is 0 Å². The lowest BCUT2D eigenvalue weighted by Gasteiger charge is -2.10. The third kappa shape index (κ3) is 2.61. The maximum atomic E-state index is 10.3. The van der Waals surface area contributed by atoms with Crippen molar-refractivity contribution >= 4 is 5.94 Å². The molecule has 3 heteroatoms. The minimum atomic E-state index is 0. The minimum absolute atomic E-state index is 0. The Labute approximate surface area is 83.3 Å². The number of halogens is 1. The average Bonchev–Trinajstić information content (AvgIpc) is 2.04. The first-order valence-corrected chi connectivity index (χ1v) is 3.34. The highest BCUT2D eigenvalue weighted by Gasteiger charge is 2.09. The van der Waals surface area contributed by atoms with Crippen molar-refractivity contribution in [2.75, 3.05) is 6.54 Å². The second-order valence-corrected chi connectivity index (χ2v) is 2.11. The molecule has 1 heterocycles. The monoisotopic (exact) mass is 263 g/mol. The molecule has 1 N–H and O–H groups in total. The molecule has 0 fully saturated rings. The van der Waals surface area contributed by atoms with Crippen molar-refractivity contribution in [1.29, 1.82) is 0 Å². The molecular formula is C8H10INO. The summed E-state index contributed by atoms with van der Waals surface area (Å²) in [7, 11) is 0. The molecule has 1 aliphatic heterocycles. The van der Waals surface area contributed by atoms with Crippen LogP contribution in [0.2, 0.25) is 0 Å². The lowest BCUT2D eigenvalue weighted by Crippen LogP contribution is -3.05. The first-order valence-electron chi connectivity index (χ1n) is 3.34. The Hall–Kier alpha value is -0.380. The lowest BCUT2D eigenvalue weighted by atomic mass is 10.3. The number of nitrogens with one attached hydrogen (secondary N) is 1. The minimum Gasteiger partial charge on any atom is -1.00 e. The molecule has 1 rings (SSSR count). The van der Waals surface area contributed by atoms with Crippen LogP contribution in [0, 0.1) is 0 Å². The van der Waals surface area contributed by atoms with Gasteiger partial charge in [0.15, 0.2) is 5.94 Å². The Morgan fingerprint density at radius 1 is 1.55 bits per heavy atom. The number of carbonyl (C=O) groups excluding carboxylic acids is 1. The van der Waals surface area contributed by atoms with Gasteiger partial charge < -0.3 is 24.0 Å². The molecule has 1 atom stereocenters. The molecule has 0 bridgehead atoms. The number of quaternary nitrogens is 1. The maximum Gasteiger partial charge on any atom is 0.220 e. The van der Waals surface area contributed by atoms with Gasteiger partial charge in [-0.3, -0.25) is 4.90 Å². The van der Waals surface area contributed by atoms with Gasteiger partial charge in [-0.15, -0.1) is 0 Å². The van der Waals surface area contributed by atoms with E-state index in [0.29, 0.717) is 5.70 Å². The van der Waals surface area contributed by atoms with Gasteiger partial charge in [0.05, 0.1) is 12.7 Å². The van der Waals surface area contributed by atoms with Crippen LogP contribution in [-0.4, -0.2) is 12.5 Å². The fourth-order valence-electron chi connectivity index (χ4n) is 0.928. The van der Waals surface area contributed by atoms with Crippen LogP contribution in [0.15, 0.2) is 30.1 Å². The van der Waals surface area contributed by atoms with E-state index < -0.39 is 0 Å². The number of likely N-dealkylation sites (N-methyl/N-ethyl adjacent to an activating group) is 1. The zero-order chi connectivity index (χ0) is 7.40. The molecule has 11 heavy (non-hydrogen) atoms. The summed E-state index contributed by atoms with van der Waals surface area (Å²) < 4.78 is 0. The zero-order valence-corrected chi connectivity index (χ0v) is 8.46. The Bertz CT molecular complexity index is 226. The quantitative estimate of drug-likeness (QED) is 0.388. The third-order valence-electron chi connectivity index (χ3n) is 1.51. The Balaban J connectivity index is 0.000001000. The summed E-state index contributed by atoms with van der Waals surface area (Å²) in [5.74, 6) is 1.90. The molecule has 2 nitrogen and oxygen atoms in total. The Morgan fingerprint density at radius 2 is 2.27 bits per heavy atom. The van der Waals surface area contributed by atoms with Crippen LogP contribution in [-0.2, 0) is 4.79 Å². The van der Waals surface area contributed by atoms with Crippen LogP contribution in [0.1, 0.15) is 6.92 Å². The molecular weight excluding hydrogens is 253 g/mol. The van der Waals surface area contributed by atoms with Crippen LogP contribution in [0.3, 0.4) is 0 Å². The smallest absolute Gasteiger partial charge is 0.220 e. The Morgan fingerprint density at radius 3 is 2.73 bits per heavy atom. The van der Waals surface area contributed by atoms with Gasteiger partial charge in [-0.05, 0) is 13.0 Å². The standard InChI is InChI=1S/C8H9NO.HI/c1-2-9-6-4-3-5-8(9)7-10;/h3-6H,2H2,1H3;1H. The molecule has 1 unspecified atom stereocenters. The largest absolute Gasteiger partial charge is 1.00 e. The van der Waals surface area contributed by atoms with Gasteiger partial charge in [-0.25, -0.2) is 4.79 Å². The van der Waals surface area contributed by atoms with Crippen molar-refractivity contribution < 1.29 is 33.7 Å². The van der Waals surface area contributed by atoms with E-state index in [9.17, 15) is 4.79 Å². The molecule has 0 saturated carbocycles. The van der Waals surface area contributed by atoms with Gasteiger partial charge in [0.25, 0.3) is 0 Å². The summed E-state index contributed by atoms with van der Waals surface area (Å²) in [6.45, 7) is 2.92. The highest BCUT2D eigenvalue weighted by atomic mass is 127. The topological polar surface area (TPSA) is 21.5 Å². The summed E-state index contributed by atoms with van der Waals surface area (Å²) in [6.07, 6.45) is 7.51. The van der Waals surface area contributed by atoms with E-state index in [1.54, 1.807) is 6.08 Å². The zero-order valence-electron chi connectivity index (χ0n) is 6.30. The van der Waals surface area contributed by atoms with E-state index in [2.05, 4.69) is 0 Å². The molecule has 0 saturated heterocycles. The van der Waals surface area contributed by atoms with Crippen molar-refractivity contribution in [2.45, 2.75) is 6.92 Å². The second kappa shape index (κ2) is 5.29. The fraction of sp³-hybridized carbons (Fsp3) is 0.250. The maximum absolute atomic E-state index is 10.3. The molecule has 0 aromatic rings. The van der Waals surface area contributed by atoms with Gasteiger partial charge in [0.2, 0.25) is 5.70 Å². The van der Waals surface area contributed by atoms with Gasteiger partial charge in [-0.2, -0.15) is 0 Å². The summed E-state index contributed by atoms with van der Waals surface area (Å²) in [4.78, 5) is 11.3. The van der Waals surface area contributed by atoms with E-state index in [0.717, 1.165) is 11.4 Å². The first kappa shape index (κ1) is 10.6. The molecule has 0 radical (unpaired) electrons. The predicted molar refractivity (Wildman–Crippen MR) is 39.0 cm³/mol. The highest BCUT2D eigenvalue weighted by molar-refractivity contribution is 5.54. The van der Waals surface area contributed by atoms with Gasteiger partial charge in [-0.1, -0.05) is 6.08 Å². The second-order valence-electron chi connectivity index (χ2n) is 2.11. The number of hydrogen-bond acceptors (Lipinski definition) is 1. The van der Waals surface area contributed by atoms with E-state index in [1.165, 1.54) is 0 Å². The first-order chi connectivity index (χ1) is 4.88. The highest BCUT2D eigenvalue weighted by Crippen LogP contribution is 1.86. The van der Waals surface area contributed by atoms with E-state index in [1.807, 2.05) is 31.2 Å². The average molecular weight is 263 g/mol. The van der Waals surface area contributed by atoms with Crippen molar-refractivity contribution in [3.8, 4) is 0 Å². The van der Waals surface area contributed by atoms with Crippen LogP contribution in [0.4, 0.5) is 0 Å². The summed E-state index contributed by atoms with van der Waals surface area (Å²) in [5.41, 5.74) is 0.685. The summed E-state index contributed by atoms with van der Waals surface area (Å²) in [6, 6.07) is 0. The molecule has 0 spiro atoms. The van der Waals surface area contributed by atoms with Crippen molar-refractivity contribution in [1.82, 2.24) is 0 Å². The molecule has 60 valence electrons. The molecule has 0 aromatic heterocycles. The van der Waals surface area contributed by atoms with Crippen LogP contribution in [0.5, 0.6) is 0 Å². The predicted octanol–water partition coefficient (Wildman–Crippen LogP) is -3.31. The molecule has 1 aliphatic rings. The number of hydrogen-bond donors (Lipinski definition) is 1. The summed E-state index contributed by atoms with van der Waals surface area (Å²) in [5, 5.41) is 0. The molecule has 0 aliphatic carbocycles. The van der Waals surface area contributed by atoms with E-state index >= 15 is 0 Å². The number of allylic oxidation sites excluding steroid dienone is 3. The van der Waals surface area contributed by atoms with Crippen LogP contribution >= 0.6 is 0 Å². The lowest BCUT2D eigenvalue weighted by molar-refractivity contribution is -0.798. The van der Waals surface area contributed by atoms with Crippen molar-refractivity contribution in [3.05, 3.63) is 30.1 Å². The van der Waals surface area contributed by atoms with Gasteiger partial charge in [0, 0.05) is 6.08 Å². The summed E-state index contributed by atoms with van der Waals surface area (Å²) >= 11 is 0. The Kier molecular flexibility index (Phi) is 5.11. The fourth-order valence-corrected chi connectivity index (χ4v) is 0.928. The molecule has 0 aromatic carbocycles. The number of rotatable bonds is 1. The van der Waals surface area contributed by atoms with Gasteiger partial charge >= 0.3 is 0 Å². The van der Waals surface area contributed by atoms with E-state index in [4.69, 9.17) is 0 Å².